The average Bonchev–Trinajstić information content (AvgIpc) is 2.68. The van der Waals surface area contributed by atoms with Crippen molar-refractivity contribution in [1.82, 2.24) is 10.2 Å². The third-order valence-electron chi connectivity index (χ3n) is 4.86. The maximum atomic E-state index is 13.9. The van der Waals surface area contributed by atoms with Gasteiger partial charge in [0.25, 0.3) is 5.91 Å². The summed E-state index contributed by atoms with van der Waals surface area (Å²) in [5, 5.41) is 2.94. The van der Waals surface area contributed by atoms with Gasteiger partial charge in [-0.05, 0) is 35.7 Å². The van der Waals surface area contributed by atoms with Crippen molar-refractivity contribution in [2.24, 2.45) is 5.92 Å². The fraction of sp³-hybridized carbons (Fsp3) is 0.409. The number of benzene rings is 2. The first-order valence-electron chi connectivity index (χ1n) is 9.62. The standard InChI is InChI=1S/C22H28FN3O/c1-17(2)15-24-22(27)19-9-7-18(8-10-19)16-25-11-13-26(14-12-25)21-6-4-3-5-20(21)23/h3-10,17H,11-16H2,1-2H3,(H,24,27). The summed E-state index contributed by atoms with van der Waals surface area (Å²) in [5.74, 6) is 0.266. The molecule has 0 bridgehead atoms. The van der Waals surface area contributed by atoms with Crippen molar-refractivity contribution in [2.45, 2.75) is 20.4 Å². The van der Waals surface area contributed by atoms with Gasteiger partial charge >= 0.3 is 0 Å². The molecule has 1 aliphatic heterocycles. The Morgan fingerprint density at radius 3 is 2.33 bits per heavy atom. The number of nitrogens with one attached hydrogen (secondary N) is 1. The molecule has 1 N–H and O–H groups in total. The number of anilines is 1. The van der Waals surface area contributed by atoms with E-state index in [4.69, 9.17) is 0 Å². The summed E-state index contributed by atoms with van der Waals surface area (Å²) in [7, 11) is 0. The molecule has 2 aromatic rings. The van der Waals surface area contributed by atoms with Gasteiger partial charge in [0.15, 0.2) is 0 Å². The molecule has 1 heterocycles. The second-order valence-electron chi connectivity index (χ2n) is 7.52. The quantitative estimate of drug-likeness (QED) is 0.846. The van der Waals surface area contributed by atoms with E-state index in [1.165, 1.54) is 11.6 Å². The zero-order valence-electron chi connectivity index (χ0n) is 16.1. The van der Waals surface area contributed by atoms with Crippen LogP contribution < -0.4 is 10.2 Å². The second-order valence-corrected chi connectivity index (χ2v) is 7.52. The zero-order valence-corrected chi connectivity index (χ0v) is 16.1. The normalized spacial score (nSPS) is 15.2. The van der Waals surface area contributed by atoms with Crippen LogP contribution in [0, 0.1) is 11.7 Å². The molecule has 0 spiro atoms. The van der Waals surface area contributed by atoms with Gasteiger partial charge in [0.05, 0.1) is 5.69 Å². The molecule has 0 saturated carbocycles. The number of para-hydroxylation sites is 1. The minimum atomic E-state index is -0.155. The van der Waals surface area contributed by atoms with Crippen LogP contribution in [0.3, 0.4) is 0 Å². The van der Waals surface area contributed by atoms with E-state index >= 15 is 0 Å². The minimum Gasteiger partial charge on any atom is -0.367 e. The van der Waals surface area contributed by atoms with Crippen molar-refractivity contribution in [3.8, 4) is 0 Å². The van der Waals surface area contributed by atoms with Crippen molar-refractivity contribution in [1.29, 1.82) is 0 Å². The molecular weight excluding hydrogens is 341 g/mol. The summed E-state index contributed by atoms with van der Waals surface area (Å²) in [5.41, 5.74) is 2.58. The highest BCUT2D eigenvalue weighted by Crippen LogP contribution is 2.20. The minimum absolute atomic E-state index is 0.0197. The van der Waals surface area contributed by atoms with Gasteiger partial charge in [0.2, 0.25) is 0 Å². The lowest BCUT2D eigenvalue weighted by atomic mass is 10.1. The van der Waals surface area contributed by atoms with Crippen LogP contribution in [0.5, 0.6) is 0 Å². The van der Waals surface area contributed by atoms with Gasteiger partial charge < -0.3 is 10.2 Å². The summed E-state index contributed by atoms with van der Waals surface area (Å²) in [6, 6.07) is 14.8. The Bertz CT molecular complexity index is 752. The van der Waals surface area contributed by atoms with Gasteiger partial charge in [-0.1, -0.05) is 38.1 Å². The summed E-state index contributed by atoms with van der Waals surface area (Å²) < 4.78 is 13.9. The van der Waals surface area contributed by atoms with Crippen LogP contribution in [-0.4, -0.2) is 43.5 Å². The molecule has 0 atom stereocenters. The number of rotatable bonds is 6. The van der Waals surface area contributed by atoms with E-state index in [9.17, 15) is 9.18 Å². The second kappa shape index (κ2) is 9.00. The van der Waals surface area contributed by atoms with E-state index in [1.54, 1.807) is 6.07 Å². The SMILES string of the molecule is CC(C)CNC(=O)c1ccc(CN2CCN(c3ccccc3F)CC2)cc1. The Morgan fingerprint density at radius 2 is 1.70 bits per heavy atom. The van der Waals surface area contributed by atoms with Crippen molar-refractivity contribution >= 4 is 11.6 Å². The van der Waals surface area contributed by atoms with E-state index < -0.39 is 0 Å². The van der Waals surface area contributed by atoms with E-state index in [0.29, 0.717) is 23.7 Å². The number of amides is 1. The van der Waals surface area contributed by atoms with Gasteiger partial charge in [-0.15, -0.1) is 0 Å². The Balaban J connectivity index is 1.50. The van der Waals surface area contributed by atoms with Gasteiger partial charge in [-0.3, -0.25) is 9.69 Å². The van der Waals surface area contributed by atoms with Crippen molar-refractivity contribution in [2.75, 3.05) is 37.6 Å². The Morgan fingerprint density at radius 1 is 1.04 bits per heavy atom. The Hall–Kier alpha value is -2.40. The molecule has 0 aromatic heterocycles. The molecule has 1 fully saturated rings. The molecule has 27 heavy (non-hydrogen) atoms. The number of carbonyl (C=O) groups excluding carboxylic acids is 1. The van der Waals surface area contributed by atoms with E-state index in [0.717, 1.165) is 32.7 Å². The smallest absolute Gasteiger partial charge is 0.251 e. The van der Waals surface area contributed by atoms with Crippen LogP contribution in [0.1, 0.15) is 29.8 Å². The molecule has 5 heteroatoms. The molecule has 3 rings (SSSR count). The molecular formula is C22H28FN3O. The average molecular weight is 369 g/mol. The predicted octanol–water partition coefficient (Wildman–Crippen LogP) is 3.53. The van der Waals surface area contributed by atoms with Crippen LogP contribution in [0.2, 0.25) is 0 Å². The first kappa shape index (κ1) is 19.4. The highest BCUT2D eigenvalue weighted by Gasteiger charge is 2.19. The number of hydrogen-bond acceptors (Lipinski definition) is 3. The van der Waals surface area contributed by atoms with Crippen LogP contribution >= 0.6 is 0 Å². The first-order valence-corrected chi connectivity index (χ1v) is 9.62. The van der Waals surface area contributed by atoms with Gasteiger partial charge in [0.1, 0.15) is 5.82 Å². The van der Waals surface area contributed by atoms with Crippen molar-refractivity contribution in [3.05, 3.63) is 65.5 Å². The Kier molecular flexibility index (Phi) is 6.45. The maximum absolute atomic E-state index is 13.9. The number of nitrogens with zero attached hydrogens (tertiary/aromatic N) is 2. The largest absolute Gasteiger partial charge is 0.367 e. The number of hydrogen-bond donors (Lipinski definition) is 1. The maximum Gasteiger partial charge on any atom is 0.251 e. The number of carbonyl (C=O) groups is 1. The molecule has 0 radical (unpaired) electrons. The van der Waals surface area contributed by atoms with Crippen LogP contribution in [0.4, 0.5) is 10.1 Å². The van der Waals surface area contributed by atoms with Gasteiger partial charge in [-0.25, -0.2) is 4.39 Å². The predicted molar refractivity (Wildman–Crippen MR) is 108 cm³/mol. The fourth-order valence-corrected chi connectivity index (χ4v) is 3.27. The third kappa shape index (κ3) is 5.30. The number of halogens is 1. The molecule has 0 unspecified atom stereocenters. The topological polar surface area (TPSA) is 35.6 Å². The highest BCUT2D eigenvalue weighted by atomic mass is 19.1. The lowest BCUT2D eigenvalue weighted by molar-refractivity contribution is 0.0949. The zero-order chi connectivity index (χ0) is 19.2. The third-order valence-corrected chi connectivity index (χ3v) is 4.86. The summed E-state index contributed by atoms with van der Waals surface area (Å²) >= 11 is 0. The monoisotopic (exact) mass is 369 g/mol. The van der Waals surface area contributed by atoms with Gasteiger partial charge in [-0.2, -0.15) is 0 Å². The van der Waals surface area contributed by atoms with E-state index in [-0.39, 0.29) is 11.7 Å². The molecule has 1 saturated heterocycles. The summed E-state index contributed by atoms with van der Waals surface area (Å²) in [6.45, 7) is 9.11. The van der Waals surface area contributed by atoms with Crippen LogP contribution in [-0.2, 0) is 6.54 Å². The lowest BCUT2D eigenvalue weighted by Gasteiger charge is -2.36. The summed E-state index contributed by atoms with van der Waals surface area (Å²) in [4.78, 5) is 16.6. The lowest BCUT2D eigenvalue weighted by Crippen LogP contribution is -2.46. The molecule has 0 aliphatic carbocycles. The molecule has 1 amide bonds. The summed E-state index contributed by atoms with van der Waals surface area (Å²) in [6.07, 6.45) is 0. The van der Waals surface area contributed by atoms with E-state index in [2.05, 4.69) is 29.0 Å². The van der Waals surface area contributed by atoms with Crippen LogP contribution in [0.15, 0.2) is 48.5 Å². The van der Waals surface area contributed by atoms with Gasteiger partial charge in [0, 0.05) is 44.8 Å². The Labute approximate surface area is 161 Å². The first-order chi connectivity index (χ1) is 13.0. The highest BCUT2D eigenvalue weighted by molar-refractivity contribution is 5.94. The molecule has 144 valence electrons. The van der Waals surface area contributed by atoms with Crippen molar-refractivity contribution in [3.63, 3.8) is 0 Å². The molecule has 1 aliphatic rings. The molecule has 4 nitrogen and oxygen atoms in total. The van der Waals surface area contributed by atoms with E-state index in [1.807, 2.05) is 36.4 Å². The van der Waals surface area contributed by atoms with Crippen LogP contribution in [0.25, 0.3) is 0 Å². The van der Waals surface area contributed by atoms with Crippen molar-refractivity contribution < 1.29 is 9.18 Å². The molecule has 2 aromatic carbocycles. The number of piperazine rings is 1. The fourth-order valence-electron chi connectivity index (χ4n) is 3.27.